The van der Waals surface area contributed by atoms with Crippen LogP contribution in [0.15, 0.2) is 54.6 Å². The number of fused-ring (bicyclic) bond motifs is 3. The molecule has 0 amide bonds. The third-order valence-electron chi connectivity index (χ3n) is 4.89. The third kappa shape index (κ3) is 3.20. The highest BCUT2D eigenvalue weighted by Gasteiger charge is 2.30. The van der Waals surface area contributed by atoms with Crippen molar-refractivity contribution in [3.8, 4) is 17.0 Å². The molecule has 132 valence electrons. The molecule has 0 radical (unpaired) electrons. The maximum Gasteiger partial charge on any atom is 0.276 e. The smallest absolute Gasteiger partial charge is 0.276 e. The van der Waals surface area contributed by atoms with E-state index in [2.05, 4.69) is 35.8 Å². The predicted octanol–water partition coefficient (Wildman–Crippen LogP) is 5.65. The SMILES string of the molecule is CCc1c(Cl)cc(Cl)[n+]2c1-c1ccc(OCc3ccccc3)cc1CC2. The second-order valence-electron chi connectivity index (χ2n) is 6.49. The number of hydrogen-bond acceptors (Lipinski definition) is 1. The van der Waals surface area contributed by atoms with Crippen LogP contribution in [0.1, 0.15) is 23.6 Å². The summed E-state index contributed by atoms with van der Waals surface area (Å²) in [6.07, 6.45) is 1.80. The Labute approximate surface area is 164 Å². The van der Waals surface area contributed by atoms with Crippen LogP contribution in [-0.4, -0.2) is 0 Å². The molecule has 0 saturated carbocycles. The number of hydrogen-bond donors (Lipinski definition) is 0. The number of aryl methyl sites for hydroxylation is 1. The van der Waals surface area contributed by atoms with Gasteiger partial charge in [0.05, 0.1) is 10.6 Å². The average Bonchev–Trinajstić information content (AvgIpc) is 2.67. The van der Waals surface area contributed by atoms with E-state index in [1.165, 1.54) is 11.1 Å². The summed E-state index contributed by atoms with van der Waals surface area (Å²) < 4.78 is 8.16. The van der Waals surface area contributed by atoms with E-state index in [1.54, 1.807) is 0 Å². The van der Waals surface area contributed by atoms with Gasteiger partial charge >= 0.3 is 0 Å². The number of nitrogens with zero attached hydrogens (tertiary/aromatic N) is 1. The lowest BCUT2D eigenvalue weighted by atomic mass is 9.93. The van der Waals surface area contributed by atoms with E-state index in [1.807, 2.05) is 30.3 Å². The number of rotatable bonds is 4. The van der Waals surface area contributed by atoms with Gasteiger partial charge in [0, 0.05) is 18.1 Å². The lowest BCUT2D eigenvalue weighted by molar-refractivity contribution is -0.685. The van der Waals surface area contributed by atoms with Gasteiger partial charge in [-0.1, -0.05) is 48.9 Å². The van der Waals surface area contributed by atoms with Crippen molar-refractivity contribution in [2.75, 3.05) is 0 Å². The average molecular weight is 385 g/mol. The number of ether oxygens (including phenoxy) is 1. The Hall–Kier alpha value is -2.03. The van der Waals surface area contributed by atoms with Crippen LogP contribution >= 0.6 is 23.2 Å². The number of aromatic nitrogens is 1. The Kier molecular flexibility index (Phi) is 4.88. The van der Waals surface area contributed by atoms with Gasteiger partial charge in [-0.2, -0.15) is 4.57 Å². The third-order valence-corrected chi connectivity index (χ3v) is 5.54. The summed E-state index contributed by atoms with van der Waals surface area (Å²) in [5, 5.41) is 1.43. The zero-order chi connectivity index (χ0) is 18.1. The molecule has 0 saturated heterocycles. The van der Waals surface area contributed by atoms with Gasteiger partial charge in [0.1, 0.15) is 12.4 Å². The molecule has 0 unspecified atom stereocenters. The molecule has 0 aliphatic carbocycles. The number of benzene rings is 2. The fourth-order valence-electron chi connectivity index (χ4n) is 3.59. The highest BCUT2D eigenvalue weighted by molar-refractivity contribution is 6.34. The van der Waals surface area contributed by atoms with Gasteiger partial charge in [0.15, 0.2) is 6.54 Å². The highest BCUT2D eigenvalue weighted by Crippen LogP contribution is 2.35. The van der Waals surface area contributed by atoms with Crippen LogP contribution in [0.5, 0.6) is 5.75 Å². The minimum absolute atomic E-state index is 0.572. The van der Waals surface area contributed by atoms with Gasteiger partial charge < -0.3 is 4.74 Å². The molecule has 4 rings (SSSR count). The maximum absolute atomic E-state index is 6.46. The van der Waals surface area contributed by atoms with Crippen molar-refractivity contribution in [2.45, 2.75) is 32.9 Å². The first-order valence-corrected chi connectivity index (χ1v) is 9.63. The summed E-state index contributed by atoms with van der Waals surface area (Å²) in [5.41, 5.74) is 5.93. The zero-order valence-electron chi connectivity index (χ0n) is 14.6. The minimum Gasteiger partial charge on any atom is -0.489 e. The molecule has 2 heterocycles. The highest BCUT2D eigenvalue weighted by atomic mass is 35.5. The van der Waals surface area contributed by atoms with Crippen LogP contribution in [0, 0.1) is 0 Å². The van der Waals surface area contributed by atoms with Crippen molar-refractivity contribution in [1.29, 1.82) is 0 Å². The lowest BCUT2D eigenvalue weighted by Crippen LogP contribution is -2.42. The molecule has 0 spiro atoms. The molecule has 1 aliphatic rings. The number of pyridine rings is 1. The van der Waals surface area contributed by atoms with Crippen LogP contribution in [0.2, 0.25) is 10.2 Å². The van der Waals surface area contributed by atoms with Crippen molar-refractivity contribution < 1.29 is 9.30 Å². The van der Waals surface area contributed by atoms with E-state index in [0.717, 1.165) is 47.0 Å². The number of halogens is 2. The van der Waals surface area contributed by atoms with Crippen LogP contribution in [0.25, 0.3) is 11.3 Å². The standard InChI is InChI=1S/C22H20Cl2NO/c1-2-18-20(23)13-21(24)25-11-10-16-12-17(8-9-19(16)22(18)25)26-14-15-6-4-3-5-7-15/h3-9,12-13H,2,10-11,14H2,1H3/q+1. The van der Waals surface area contributed by atoms with Crippen molar-refractivity contribution in [3.63, 3.8) is 0 Å². The minimum atomic E-state index is 0.572. The van der Waals surface area contributed by atoms with Crippen LogP contribution < -0.4 is 9.30 Å². The van der Waals surface area contributed by atoms with Gasteiger partial charge in [-0.25, -0.2) is 0 Å². The summed E-state index contributed by atoms with van der Waals surface area (Å²) >= 11 is 12.9. The predicted molar refractivity (Wildman–Crippen MR) is 106 cm³/mol. The molecular formula is C22H20Cl2NO+. The zero-order valence-corrected chi connectivity index (χ0v) is 16.1. The Balaban J connectivity index is 1.68. The Morgan fingerprint density at radius 1 is 1.04 bits per heavy atom. The van der Waals surface area contributed by atoms with E-state index >= 15 is 0 Å². The van der Waals surface area contributed by atoms with Crippen molar-refractivity contribution in [1.82, 2.24) is 0 Å². The molecular weight excluding hydrogens is 365 g/mol. The second kappa shape index (κ2) is 7.30. The monoisotopic (exact) mass is 384 g/mol. The molecule has 3 aromatic rings. The van der Waals surface area contributed by atoms with Crippen LogP contribution in [-0.2, 0) is 26.0 Å². The lowest BCUT2D eigenvalue weighted by Gasteiger charge is -2.19. The van der Waals surface area contributed by atoms with Crippen molar-refractivity contribution in [2.24, 2.45) is 0 Å². The molecule has 1 aromatic heterocycles. The molecule has 4 heteroatoms. The Morgan fingerprint density at radius 3 is 2.62 bits per heavy atom. The molecule has 0 fully saturated rings. The molecule has 26 heavy (non-hydrogen) atoms. The first-order chi connectivity index (χ1) is 12.7. The normalized spacial score (nSPS) is 12.4. The topological polar surface area (TPSA) is 13.1 Å². The second-order valence-corrected chi connectivity index (χ2v) is 7.29. The molecule has 2 aromatic carbocycles. The maximum atomic E-state index is 6.46. The van der Waals surface area contributed by atoms with Crippen molar-refractivity contribution >= 4 is 23.2 Å². The Morgan fingerprint density at radius 2 is 1.85 bits per heavy atom. The van der Waals surface area contributed by atoms with E-state index in [9.17, 15) is 0 Å². The van der Waals surface area contributed by atoms with Gasteiger partial charge in [0.25, 0.3) is 5.15 Å². The molecule has 0 N–H and O–H groups in total. The molecule has 0 bridgehead atoms. The Bertz CT molecular complexity index is 934. The summed E-state index contributed by atoms with van der Waals surface area (Å²) in [7, 11) is 0. The van der Waals surface area contributed by atoms with E-state index in [4.69, 9.17) is 27.9 Å². The fourth-order valence-corrected chi connectivity index (χ4v) is 4.25. The molecule has 1 aliphatic heterocycles. The van der Waals surface area contributed by atoms with E-state index in [0.29, 0.717) is 11.8 Å². The first-order valence-electron chi connectivity index (χ1n) is 8.88. The van der Waals surface area contributed by atoms with E-state index < -0.39 is 0 Å². The quantitative estimate of drug-likeness (QED) is 0.418. The van der Waals surface area contributed by atoms with Gasteiger partial charge in [-0.15, -0.1) is 0 Å². The van der Waals surface area contributed by atoms with Crippen LogP contribution in [0.3, 0.4) is 0 Å². The summed E-state index contributed by atoms with van der Waals surface area (Å²) in [6.45, 7) is 3.55. The fraction of sp³-hybridized carbons (Fsp3) is 0.227. The van der Waals surface area contributed by atoms with Crippen LogP contribution in [0.4, 0.5) is 0 Å². The first kappa shape index (κ1) is 17.4. The van der Waals surface area contributed by atoms with Gasteiger partial charge in [-0.05, 0) is 47.3 Å². The summed E-state index contributed by atoms with van der Waals surface area (Å²) in [5.74, 6) is 0.896. The summed E-state index contributed by atoms with van der Waals surface area (Å²) in [4.78, 5) is 0. The van der Waals surface area contributed by atoms with Gasteiger partial charge in [-0.3, -0.25) is 0 Å². The van der Waals surface area contributed by atoms with Crippen molar-refractivity contribution in [3.05, 3.63) is 81.5 Å². The largest absolute Gasteiger partial charge is 0.489 e. The molecule has 0 atom stereocenters. The van der Waals surface area contributed by atoms with Gasteiger partial charge in [0.2, 0.25) is 5.69 Å². The summed E-state index contributed by atoms with van der Waals surface area (Å²) in [6, 6.07) is 18.4. The van der Waals surface area contributed by atoms with E-state index in [-0.39, 0.29) is 0 Å². The molecule has 2 nitrogen and oxygen atoms in total.